The Bertz CT molecular complexity index is 152. The Kier molecular flexibility index (Phi) is 5.45. The van der Waals surface area contributed by atoms with Gasteiger partial charge in [0.05, 0.1) is 12.2 Å². The average Bonchev–Trinajstić information content (AvgIpc) is 2.16. The minimum absolute atomic E-state index is 0.126. The minimum atomic E-state index is 0.126. The van der Waals surface area contributed by atoms with Crippen LogP contribution in [-0.4, -0.2) is 32.0 Å². The summed E-state index contributed by atoms with van der Waals surface area (Å²) in [5.41, 5.74) is 5.77. The van der Waals surface area contributed by atoms with Gasteiger partial charge < -0.3 is 15.2 Å². The third-order valence-corrected chi connectivity index (χ3v) is 2.89. The van der Waals surface area contributed by atoms with Gasteiger partial charge in [-0.05, 0) is 12.8 Å². The molecule has 1 saturated carbocycles. The zero-order valence-electron chi connectivity index (χ0n) is 9.37. The molecule has 1 aliphatic rings. The summed E-state index contributed by atoms with van der Waals surface area (Å²) in [5.74, 6) is 0. The number of nitrogens with two attached hydrogens (primary N) is 1. The highest BCUT2D eigenvalue weighted by molar-refractivity contribution is 4.94. The quantitative estimate of drug-likeness (QED) is 0.638. The summed E-state index contributed by atoms with van der Waals surface area (Å²) in [6.45, 7) is 3.07. The first-order valence-electron chi connectivity index (χ1n) is 5.69. The number of hydrogen-bond acceptors (Lipinski definition) is 3. The molecule has 0 bridgehead atoms. The fourth-order valence-corrected chi connectivity index (χ4v) is 1.87. The fraction of sp³-hybridized carbons (Fsp3) is 1.00. The molecule has 84 valence electrons. The molecule has 3 nitrogen and oxygen atoms in total. The molecule has 3 atom stereocenters. The van der Waals surface area contributed by atoms with E-state index in [0.717, 1.165) is 19.4 Å². The Morgan fingerprint density at radius 2 is 2.07 bits per heavy atom. The van der Waals surface area contributed by atoms with Gasteiger partial charge in [0.1, 0.15) is 0 Å². The van der Waals surface area contributed by atoms with E-state index in [9.17, 15) is 0 Å². The van der Waals surface area contributed by atoms with E-state index < -0.39 is 0 Å². The van der Waals surface area contributed by atoms with E-state index in [4.69, 9.17) is 15.2 Å². The third kappa shape index (κ3) is 3.23. The lowest BCUT2D eigenvalue weighted by Gasteiger charge is -2.40. The number of unbranched alkanes of at least 4 members (excludes halogenated alkanes) is 3. The van der Waals surface area contributed by atoms with Gasteiger partial charge in [0.2, 0.25) is 0 Å². The zero-order chi connectivity index (χ0) is 10.4. The van der Waals surface area contributed by atoms with Crippen LogP contribution in [0.5, 0.6) is 0 Å². The fourth-order valence-electron chi connectivity index (χ4n) is 1.87. The van der Waals surface area contributed by atoms with E-state index >= 15 is 0 Å². The van der Waals surface area contributed by atoms with Crippen molar-refractivity contribution in [3.8, 4) is 0 Å². The molecule has 2 N–H and O–H groups in total. The first-order valence-corrected chi connectivity index (χ1v) is 5.69. The molecule has 0 heterocycles. The van der Waals surface area contributed by atoms with Crippen molar-refractivity contribution in [2.24, 2.45) is 5.73 Å². The van der Waals surface area contributed by atoms with Gasteiger partial charge in [0.15, 0.2) is 0 Å². The zero-order valence-corrected chi connectivity index (χ0v) is 9.37. The lowest BCUT2D eigenvalue weighted by atomic mass is 9.86. The van der Waals surface area contributed by atoms with Crippen LogP contribution in [0, 0.1) is 0 Å². The normalized spacial score (nSPS) is 31.5. The van der Waals surface area contributed by atoms with Crippen LogP contribution < -0.4 is 5.73 Å². The Balaban J connectivity index is 1.97. The monoisotopic (exact) mass is 201 g/mol. The molecular weight excluding hydrogens is 178 g/mol. The first-order chi connectivity index (χ1) is 6.79. The topological polar surface area (TPSA) is 44.5 Å². The molecule has 14 heavy (non-hydrogen) atoms. The largest absolute Gasteiger partial charge is 0.377 e. The van der Waals surface area contributed by atoms with Crippen molar-refractivity contribution in [1.29, 1.82) is 0 Å². The van der Waals surface area contributed by atoms with Crippen LogP contribution in [0.3, 0.4) is 0 Å². The summed E-state index contributed by atoms with van der Waals surface area (Å²) in [7, 11) is 1.71. The van der Waals surface area contributed by atoms with Crippen molar-refractivity contribution in [3.63, 3.8) is 0 Å². The van der Waals surface area contributed by atoms with Gasteiger partial charge in [-0.2, -0.15) is 0 Å². The predicted molar refractivity (Wildman–Crippen MR) is 57.3 cm³/mol. The molecule has 0 aromatic heterocycles. The smallest absolute Gasteiger partial charge is 0.0984 e. The maximum Gasteiger partial charge on any atom is 0.0984 e. The van der Waals surface area contributed by atoms with Gasteiger partial charge in [-0.1, -0.05) is 26.2 Å². The van der Waals surface area contributed by atoms with E-state index in [-0.39, 0.29) is 18.2 Å². The van der Waals surface area contributed by atoms with Gasteiger partial charge in [-0.3, -0.25) is 0 Å². The first kappa shape index (κ1) is 12.0. The second kappa shape index (κ2) is 6.38. The molecule has 0 aliphatic heterocycles. The maximum absolute atomic E-state index is 5.77. The van der Waals surface area contributed by atoms with Gasteiger partial charge in [-0.25, -0.2) is 0 Å². The molecule has 0 saturated heterocycles. The Labute approximate surface area is 86.9 Å². The van der Waals surface area contributed by atoms with Crippen molar-refractivity contribution in [2.75, 3.05) is 13.7 Å². The molecule has 0 aromatic rings. The lowest BCUT2D eigenvalue weighted by molar-refractivity contribution is -0.126. The molecular formula is C11H23NO2. The Hall–Kier alpha value is -0.120. The van der Waals surface area contributed by atoms with Crippen molar-refractivity contribution in [2.45, 2.75) is 57.3 Å². The van der Waals surface area contributed by atoms with E-state index in [2.05, 4.69) is 6.92 Å². The van der Waals surface area contributed by atoms with Crippen molar-refractivity contribution in [3.05, 3.63) is 0 Å². The van der Waals surface area contributed by atoms with Gasteiger partial charge in [0, 0.05) is 19.8 Å². The van der Waals surface area contributed by atoms with Crippen molar-refractivity contribution < 1.29 is 9.47 Å². The summed E-state index contributed by atoms with van der Waals surface area (Å²) >= 11 is 0. The summed E-state index contributed by atoms with van der Waals surface area (Å²) in [6.07, 6.45) is 6.34. The standard InChI is InChI=1S/C11H23NO2/c1-3-4-5-6-7-14-10-8-9(12)11(10)13-2/h9-11H,3-8,12H2,1-2H3. The van der Waals surface area contributed by atoms with E-state index in [1.165, 1.54) is 19.3 Å². The third-order valence-electron chi connectivity index (χ3n) is 2.89. The maximum atomic E-state index is 5.77. The van der Waals surface area contributed by atoms with Crippen LogP contribution in [0.25, 0.3) is 0 Å². The summed E-state index contributed by atoms with van der Waals surface area (Å²) in [6, 6.07) is 0.181. The molecule has 0 aromatic carbocycles. The highest BCUT2D eigenvalue weighted by Gasteiger charge is 2.39. The van der Waals surface area contributed by atoms with E-state index in [1.54, 1.807) is 7.11 Å². The van der Waals surface area contributed by atoms with Crippen LogP contribution in [0.15, 0.2) is 0 Å². The van der Waals surface area contributed by atoms with Gasteiger partial charge in [-0.15, -0.1) is 0 Å². The number of ether oxygens (including phenoxy) is 2. The minimum Gasteiger partial charge on any atom is -0.377 e. The number of methoxy groups -OCH3 is 1. The molecule has 3 heteroatoms. The van der Waals surface area contributed by atoms with Gasteiger partial charge >= 0.3 is 0 Å². The summed E-state index contributed by atoms with van der Waals surface area (Å²) < 4.78 is 10.9. The molecule has 1 fully saturated rings. The second-order valence-corrected chi connectivity index (χ2v) is 4.07. The SMILES string of the molecule is CCCCCCOC1CC(N)C1OC. The van der Waals surface area contributed by atoms with E-state index in [1.807, 2.05) is 0 Å². The Morgan fingerprint density at radius 1 is 1.29 bits per heavy atom. The Morgan fingerprint density at radius 3 is 2.64 bits per heavy atom. The van der Waals surface area contributed by atoms with Crippen LogP contribution in [0.4, 0.5) is 0 Å². The van der Waals surface area contributed by atoms with E-state index in [0.29, 0.717) is 0 Å². The van der Waals surface area contributed by atoms with Gasteiger partial charge in [0.25, 0.3) is 0 Å². The summed E-state index contributed by atoms with van der Waals surface area (Å²) in [5, 5.41) is 0. The molecule has 1 aliphatic carbocycles. The molecule has 0 spiro atoms. The molecule has 3 unspecified atom stereocenters. The highest BCUT2D eigenvalue weighted by Crippen LogP contribution is 2.25. The van der Waals surface area contributed by atoms with Crippen molar-refractivity contribution in [1.82, 2.24) is 0 Å². The molecule has 0 amide bonds. The lowest BCUT2D eigenvalue weighted by Crippen LogP contribution is -2.57. The van der Waals surface area contributed by atoms with Crippen LogP contribution >= 0.6 is 0 Å². The second-order valence-electron chi connectivity index (χ2n) is 4.07. The average molecular weight is 201 g/mol. The van der Waals surface area contributed by atoms with Crippen LogP contribution in [0.1, 0.15) is 39.0 Å². The number of hydrogen-bond donors (Lipinski definition) is 1. The molecule has 1 rings (SSSR count). The number of rotatable bonds is 7. The highest BCUT2D eigenvalue weighted by atomic mass is 16.5. The van der Waals surface area contributed by atoms with Crippen LogP contribution in [0.2, 0.25) is 0 Å². The van der Waals surface area contributed by atoms with Crippen molar-refractivity contribution >= 4 is 0 Å². The van der Waals surface area contributed by atoms with Crippen LogP contribution in [-0.2, 0) is 9.47 Å². The summed E-state index contributed by atoms with van der Waals surface area (Å²) in [4.78, 5) is 0. The molecule has 0 radical (unpaired) electrons. The predicted octanol–water partition coefficient (Wildman–Crippen LogP) is 1.70.